The number of para-hydroxylation sites is 1. The van der Waals surface area contributed by atoms with Crippen molar-refractivity contribution in [3.05, 3.63) is 29.8 Å². The van der Waals surface area contributed by atoms with Gasteiger partial charge in [-0.15, -0.1) is 0 Å². The molecule has 2 aliphatic carbocycles. The summed E-state index contributed by atoms with van der Waals surface area (Å²) in [5, 5.41) is 10.5. The maximum Gasteiger partial charge on any atom is 0.124 e. The van der Waals surface area contributed by atoms with Crippen LogP contribution < -0.4 is 4.74 Å². The van der Waals surface area contributed by atoms with Crippen LogP contribution in [-0.2, 0) is 0 Å². The van der Waals surface area contributed by atoms with E-state index in [1.807, 2.05) is 24.3 Å². The highest BCUT2D eigenvalue weighted by atomic mass is 16.5. The van der Waals surface area contributed by atoms with Crippen LogP contribution in [-0.4, -0.2) is 37.3 Å². The van der Waals surface area contributed by atoms with Crippen molar-refractivity contribution in [3.8, 4) is 5.75 Å². The van der Waals surface area contributed by atoms with Crippen molar-refractivity contribution < 1.29 is 9.84 Å². The third kappa shape index (κ3) is 3.24. The van der Waals surface area contributed by atoms with Gasteiger partial charge in [0, 0.05) is 18.7 Å². The number of benzene rings is 1. The van der Waals surface area contributed by atoms with Gasteiger partial charge in [-0.3, -0.25) is 0 Å². The molecular weight excluding hydrogens is 262 g/mol. The fourth-order valence-corrected chi connectivity index (χ4v) is 4.41. The average Bonchev–Trinajstić information content (AvgIpc) is 3.09. The summed E-state index contributed by atoms with van der Waals surface area (Å²) in [5.74, 6) is 3.56. The first-order valence-corrected chi connectivity index (χ1v) is 8.17. The van der Waals surface area contributed by atoms with Gasteiger partial charge in [0.2, 0.25) is 0 Å². The number of aliphatic hydroxyl groups is 1. The van der Waals surface area contributed by atoms with Gasteiger partial charge in [0.15, 0.2) is 0 Å². The quantitative estimate of drug-likeness (QED) is 0.873. The molecule has 1 N–H and O–H groups in total. The molecule has 0 aromatic heterocycles. The molecule has 1 aromatic carbocycles. The molecule has 2 saturated carbocycles. The van der Waals surface area contributed by atoms with E-state index in [0.717, 1.165) is 35.6 Å². The van der Waals surface area contributed by atoms with E-state index in [1.165, 1.54) is 25.7 Å². The monoisotopic (exact) mass is 289 g/mol. The Morgan fingerprint density at radius 2 is 2.10 bits per heavy atom. The summed E-state index contributed by atoms with van der Waals surface area (Å²) in [7, 11) is 3.79. The van der Waals surface area contributed by atoms with Crippen molar-refractivity contribution in [2.75, 3.05) is 27.2 Å². The first-order chi connectivity index (χ1) is 10.2. The number of hydrogen-bond donors (Lipinski definition) is 1. The van der Waals surface area contributed by atoms with Crippen LogP contribution in [0.25, 0.3) is 0 Å². The van der Waals surface area contributed by atoms with Gasteiger partial charge in [-0.25, -0.2) is 0 Å². The van der Waals surface area contributed by atoms with E-state index >= 15 is 0 Å². The molecule has 0 radical (unpaired) electrons. The van der Waals surface area contributed by atoms with E-state index < -0.39 is 6.10 Å². The summed E-state index contributed by atoms with van der Waals surface area (Å²) in [4.78, 5) is 2.29. The number of ether oxygens (including phenoxy) is 1. The molecule has 21 heavy (non-hydrogen) atoms. The third-order valence-electron chi connectivity index (χ3n) is 5.41. The van der Waals surface area contributed by atoms with E-state index in [0.29, 0.717) is 6.54 Å². The number of aliphatic hydroxyl groups excluding tert-OH is 1. The predicted octanol–water partition coefficient (Wildman–Crippen LogP) is 3.10. The molecule has 1 aromatic rings. The zero-order valence-corrected chi connectivity index (χ0v) is 13.2. The Hall–Kier alpha value is -1.06. The lowest BCUT2D eigenvalue weighted by Gasteiger charge is -2.28. The molecule has 2 aliphatic rings. The van der Waals surface area contributed by atoms with Crippen LogP contribution in [0.15, 0.2) is 24.3 Å². The summed E-state index contributed by atoms with van der Waals surface area (Å²) < 4.78 is 5.34. The van der Waals surface area contributed by atoms with Crippen LogP contribution in [0.1, 0.15) is 37.4 Å². The number of methoxy groups -OCH3 is 1. The van der Waals surface area contributed by atoms with Gasteiger partial charge in [0.25, 0.3) is 0 Å². The first-order valence-electron chi connectivity index (χ1n) is 8.17. The second-order valence-electron chi connectivity index (χ2n) is 6.91. The van der Waals surface area contributed by atoms with Gasteiger partial charge in [0.1, 0.15) is 5.75 Å². The summed E-state index contributed by atoms with van der Waals surface area (Å²) >= 11 is 0. The Morgan fingerprint density at radius 1 is 1.29 bits per heavy atom. The molecule has 0 spiro atoms. The second kappa shape index (κ2) is 6.37. The standard InChI is InChI=1S/C18H27NO2/c1-19(11-15-10-13-7-8-14(15)9-13)12-17(20)16-5-3-4-6-18(16)21-2/h3-6,13-15,17,20H,7-12H2,1-2H3. The molecule has 0 heterocycles. The lowest BCUT2D eigenvalue weighted by atomic mass is 9.88. The predicted molar refractivity (Wildman–Crippen MR) is 84.4 cm³/mol. The number of fused-ring (bicyclic) bond motifs is 2. The SMILES string of the molecule is COc1ccccc1C(O)CN(C)CC1CC2CCC1C2. The van der Waals surface area contributed by atoms with Gasteiger partial charge in [-0.05, 0) is 50.1 Å². The van der Waals surface area contributed by atoms with Gasteiger partial charge < -0.3 is 14.7 Å². The fraction of sp³-hybridized carbons (Fsp3) is 0.667. The summed E-state index contributed by atoms with van der Waals surface area (Å²) in [6, 6.07) is 7.76. The van der Waals surface area contributed by atoms with E-state index in [2.05, 4.69) is 11.9 Å². The normalized spacial score (nSPS) is 29.0. The number of nitrogens with zero attached hydrogens (tertiary/aromatic N) is 1. The molecule has 3 heteroatoms. The summed E-state index contributed by atoms with van der Waals surface area (Å²) in [5.41, 5.74) is 0.889. The van der Waals surface area contributed by atoms with Gasteiger partial charge in [-0.1, -0.05) is 24.6 Å². The molecule has 116 valence electrons. The molecular formula is C18H27NO2. The Bertz CT molecular complexity index is 476. The van der Waals surface area contributed by atoms with Crippen LogP contribution in [0.4, 0.5) is 0 Å². The minimum atomic E-state index is -0.482. The summed E-state index contributed by atoms with van der Waals surface area (Å²) in [6.07, 6.45) is 5.25. The fourth-order valence-electron chi connectivity index (χ4n) is 4.41. The van der Waals surface area contributed by atoms with Gasteiger partial charge in [-0.2, -0.15) is 0 Å². The van der Waals surface area contributed by atoms with Crippen LogP contribution in [0.2, 0.25) is 0 Å². The van der Waals surface area contributed by atoms with Crippen molar-refractivity contribution in [1.82, 2.24) is 4.90 Å². The molecule has 2 fully saturated rings. The van der Waals surface area contributed by atoms with Gasteiger partial charge in [0.05, 0.1) is 13.2 Å². The Labute approximate surface area is 127 Å². The smallest absolute Gasteiger partial charge is 0.124 e. The minimum Gasteiger partial charge on any atom is -0.496 e. The second-order valence-corrected chi connectivity index (χ2v) is 6.91. The van der Waals surface area contributed by atoms with Crippen molar-refractivity contribution in [3.63, 3.8) is 0 Å². The molecule has 3 nitrogen and oxygen atoms in total. The zero-order chi connectivity index (χ0) is 14.8. The van der Waals surface area contributed by atoms with Crippen LogP contribution in [0, 0.1) is 17.8 Å². The Kier molecular flexibility index (Phi) is 4.51. The molecule has 4 unspecified atom stereocenters. The van der Waals surface area contributed by atoms with Crippen LogP contribution >= 0.6 is 0 Å². The van der Waals surface area contributed by atoms with Crippen molar-refractivity contribution >= 4 is 0 Å². The number of hydrogen-bond acceptors (Lipinski definition) is 3. The van der Waals surface area contributed by atoms with E-state index in [4.69, 9.17) is 4.74 Å². The summed E-state index contributed by atoms with van der Waals surface area (Å²) in [6.45, 7) is 1.79. The molecule has 3 rings (SSSR count). The van der Waals surface area contributed by atoms with E-state index in [9.17, 15) is 5.11 Å². The van der Waals surface area contributed by atoms with Gasteiger partial charge >= 0.3 is 0 Å². The van der Waals surface area contributed by atoms with Crippen LogP contribution in [0.3, 0.4) is 0 Å². The maximum atomic E-state index is 10.5. The average molecular weight is 289 g/mol. The minimum absolute atomic E-state index is 0.482. The number of rotatable bonds is 6. The van der Waals surface area contributed by atoms with E-state index in [-0.39, 0.29) is 0 Å². The lowest BCUT2D eigenvalue weighted by molar-refractivity contribution is 0.108. The van der Waals surface area contributed by atoms with Crippen molar-refractivity contribution in [2.45, 2.75) is 31.8 Å². The molecule has 4 atom stereocenters. The highest BCUT2D eigenvalue weighted by Crippen LogP contribution is 2.48. The highest BCUT2D eigenvalue weighted by molar-refractivity contribution is 5.35. The topological polar surface area (TPSA) is 32.7 Å². The zero-order valence-electron chi connectivity index (χ0n) is 13.2. The molecule has 0 amide bonds. The lowest BCUT2D eigenvalue weighted by Crippen LogP contribution is -2.32. The third-order valence-corrected chi connectivity index (χ3v) is 5.41. The largest absolute Gasteiger partial charge is 0.496 e. The van der Waals surface area contributed by atoms with Crippen LogP contribution in [0.5, 0.6) is 5.75 Å². The number of likely N-dealkylation sites (N-methyl/N-ethyl adjacent to an activating group) is 1. The molecule has 0 aliphatic heterocycles. The highest BCUT2D eigenvalue weighted by Gasteiger charge is 2.39. The first kappa shape index (κ1) is 14.9. The Morgan fingerprint density at radius 3 is 2.76 bits per heavy atom. The molecule has 2 bridgehead atoms. The van der Waals surface area contributed by atoms with Crippen molar-refractivity contribution in [2.24, 2.45) is 17.8 Å². The van der Waals surface area contributed by atoms with Crippen molar-refractivity contribution in [1.29, 1.82) is 0 Å². The maximum absolute atomic E-state index is 10.5. The Balaban J connectivity index is 1.55. The van der Waals surface area contributed by atoms with E-state index in [1.54, 1.807) is 7.11 Å². The molecule has 0 saturated heterocycles.